The fourth-order valence-electron chi connectivity index (χ4n) is 2.24. The van der Waals surface area contributed by atoms with Gasteiger partial charge in [0.25, 0.3) is 0 Å². The molecule has 1 aromatic carbocycles. The minimum atomic E-state index is -4.83. The molecule has 0 radical (unpaired) electrons. The molecule has 1 amide bonds. The number of amides is 1. The van der Waals surface area contributed by atoms with Gasteiger partial charge in [-0.15, -0.1) is 0 Å². The van der Waals surface area contributed by atoms with E-state index in [0.29, 0.717) is 19.2 Å². The van der Waals surface area contributed by atoms with E-state index in [1.165, 1.54) is 11.0 Å². The summed E-state index contributed by atoms with van der Waals surface area (Å²) in [4.78, 5) is 12.7. The summed E-state index contributed by atoms with van der Waals surface area (Å²) < 4.78 is 65.1. The standard InChI is InChI=1S/C15H16F3N3O3S/c1-3-20(4-2)14(22)21-10-9-13(19-21)25(23,24)12-8-6-5-7-11(12)15(16,17)18/h5-10H,3-4H2,1-2H3. The molecule has 0 saturated heterocycles. The first-order valence-corrected chi connectivity index (χ1v) is 8.87. The normalized spacial score (nSPS) is 12.2. The van der Waals surface area contributed by atoms with Crippen LogP contribution in [0.15, 0.2) is 46.5 Å². The van der Waals surface area contributed by atoms with Crippen LogP contribution < -0.4 is 0 Å². The highest BCUT2D eigenvalue weighted by molar-refractivity contribution is 7.91. The first-order valence-electron chi connectivity index (χ1n) is 7.39. The van der Waals surface area contributed by atoms with Crippen LogP contribution in [0.2, 0.25) is 0 Å². The Morgan fingerprint density at radius 1 is 1.16 bits per heavy atom. The van der Waals surface area contributed by atoms with Gasteiger partial charge in [-0.2, -0.15) is 23.0 Å². The quantitative estimate of drug-likeness (QED) is 0.823. The molecule has 0 fully saturated rings. The number of carbonyl (C=O) groups excluding carboxylic acids is 1. The average Bonchev–Trinajstić information content (AvgIpc) is 3.06. The summed E-state index contributed by atoms with van der Waals surface area (Å²) in [5.41, 5.74) is -1.28. The number of alkyl halides is 3. The molecule has 0 bridgehead atoms. The van der Waals surface area contributed by atoms with Crippen LogP contribution in [0.5, 0.6) is 0 Å². The number of rotatable bonds is 4. The van der Waals surface area contributed by atoms with Crippen molar-refractivity contribution in [3.8, 4) is 0 Å². The Kier molecular flexibility index (Phi) is 5.21. The number of aromatic nitrogens is 2. The van der Waals surface area contributed by atoms with Gasteiger partial charge in [0.1, 0.15) is 0 Å². The highest BCUT2D eigenvalue weighted by Gasteiger charge is 2.38. The first kappa shape index (κ1) is 19.0. The molecular weight excluding hydrogens is 359 g/mol. The lowest BCUT2D eigenvalue weighted by molar-refractivity contribution is -0.139. The Labute approximate surface area is 142 Å². The molecule has 0 saturated carbocycles. The molecule has 0 aliphatic carbocycles. The first-order chi connectivity index (χ1) is 11.6. The predicted octanol–water partition coefficient (Wildman–Crippen LogP) is 3.04. The highest BCUT2D eigenvalue weighted by atomic mass is 32.2. The predicted molar refractivity (Wildman–Crippen MR) is 82.8 cm³/mol. The summed E-state index contributed by atoms with van der Waals surface area (Å²) >= 11 is 0. The van der Waals surface area contributed by atoms with Crippen molar-refractivity contribution in [1.29, 1.82) is 0 Å². The molecule has 25 heavy (non-hydrogen) atoms. The van der Waals surface area contributed by atoms with Crippen molar-refractivity contribution >= 4 is 15.9 Å². The molecule has 1 heterocycles. The second-order valence-electron chi connectivity index (χ2n) is 5.05. The fourth-order valence-corrected chi connectivity index (χ4v) is 3.64. The van der Waals surface area contributed by atoms with E-state index in [4.69, 9.17) is 0 Å². The molecular formula is C15H16F3N3O3S. The van der Waals surface area contributed by atoms with Crippen molar-refractivity contribution in [3.63, 3.8) is 0 Å². The highest BCUT2D eigenvalue weighted by Crippen LogP contribution is 2.35. The largest absolute Gasteiger partial charge is 0.417 e. The maximum absolute atomic E-state index is 13.1. The molecule has 136 valence electrons. The molecule has 0 unspecified atom stereocenters. The smallest absolute Gasteiger partial charge is 0.323 e. The van der Waals surface area contributed by atoms with E-state index in [2.05, 4.69) is 5.10 Å². The minimum absolute atomic E-state index is 0.383. The molecule has 1 aromatic heterocycles. The van der Waals surface area contributed by atoms with Crippen LogP contribution in [0.4, 0.5) is 18.0 Å². The van der Waals surface area contributed by atoms with Crippen LogP contribution in [-0.4, -0.2) is 42.2 Å². The third kappa shape index (κ3) is 3.68. The van der Waals surface area contributed by atoms with Gasteiger partial charge in [0.15, 0.2) is 5.03 Å². The maximum atomic E-state index is 13.1. The number of benzene rings is 1. The Morgan fingerprint density at radius 3 is 2.32 bits per heavy atom. The third-order valence-corrected chi connectivity index (χ3v) is 5.26. The zero-order valence-electron chi connectivity index (χ0n) is 13.5. The van der Waals surface area contributed by atoms with Gasteiger partial charge >= 0.3 is 12.2 Å². The molecule has 0 N–H and O–H groups in total. The fraction of sp³-hybridized carbons (Fsp3) is 0.333. The van der Waals surface area contributed by atoms with Crippen LogP contribution in [0.1, 0.15) is 19.4 Å². The molecule has 0 aliphatic rings. The van der Waals surface area contributed by atoms with E-state index in [1.54, 1.807) is 13.8 Å². The van der Waals surface area contributed by atoms with Crippen molar-refractivity contribution in [3.05, 3.63) is 42.1 Å². The molecule has 6 nitrogen and oxygen atoms in total. The van der Waals surface area contributed by atoms with E-state index >= 15 is 0 Å². The van der Waals surface area contributed by atoms with Crippen molar-refractivity contribution in [2.24, 2.45) is 0 Å². The summed E-state index contributed by atoms with van der Waals surface area (Å²) in [6.07, 6.45) is -3.72. The monoisotopic (exact) mass is 375 g/mol. The number of hydrogen-bond acceptors (Lipinski definition) is 4. The van der Waals surface area contributed by atoms with Gasteiger partial charge in [-0.05, 0) is 32.0 Å². The Hall–Kier alpha value is -2.36. The Morgan fingerprint density at radius 2 is 1.76 bits per heavy atom. The lowest BCUT2D eigenvalue weighted by Crippen LogP contribution is -2.34. The number of hydrogen-bond donors (Lipinski definition) is 0. The van der Waals surface area contributed by atoms with Gasteiger partial charge < -0.3 is 4.90 Å². The lowest BCUT2D eigenvalue weighted by Gasteiger charge is -2.17. The van der Waals surface area contributed by atoms with Crippen molar-refractivity contribution in [2.75, 3.05) is 13.1 Å². The zero-order chi connectivity index (χ0) is 18.8. The van der Waals surface area contributed by atoms with E-state index in [0.717, 1.165) is 29.1 Å². The van der Waals surface area contributed by atoms with Crippen LogP contribution >= 0.6 is 0 Å². The maximum Gasteiger partial charge on any atom is 0.417 e. The van der Waals surface area contributed by atoms with Gasteiger partial charge in [-0.1, -0.05) is 12.1 Å². The second-order valence-corrected chi connectivity index (χ2v) is 6.92. The van der Waals surface area contributed by atoms with E-state index in [1.807, 2.05) is 0 Å². The van der Waals surface area contributed by atoms with Crippen LogP contribution in [0, 0.1) is 0 Å². The van der Waals surface area contributed by atoms with E-state index in [-0.39, 0.29) is 0 Å². The van der Waals surface area contributed by atoms with Gasteiger partial charge in [0, 0.05) is 19.3 Å². The summed E-state index contributed by atoms with van der Waals surface area (Å²) in [6.45, 7) is 4.24. The molecule has 0 spiro atoms. The van der Waals surface area contributed by atoms with E-state index in [9.17, 15) is 26.4 Å². The zero-order valence-corrected chi connectivity index (χ0v) is 14.3. The molecule has 2 rings (SSSR count). The molecule has 0 aliphatic heterocycles. The van der Waals surface area contributed by atoms with Gasteiger partial charge in [0.2, 0.25) is 9.84 Å². The van der Waals surface area contributed by atoms with Crippen LogP contribution in [0.25, 0.3) is 0 Å². The van der Waals surface area contributed by atoms with Crippen molar-refractivity contribution in [2.45, 2.75) is 29.9 Å². The van der Waals surface area contributed by atoms with Crippen LogP contribution in [-0.2, 0) is 16.0 Å². The molecule has 2 aromatic rings. The summed E-state index contributed by atoms with van der Waals surface area (Å²) in [5.74, 6) is 0. The minimum Gasteiger partial charge on any atom is -0.323 e. The molecule has 0 atom stereocenters. The topological polar surface area (TPSA) is 72.3 Å². The summed E-state index contributed by atoms with van der Waals surface area (Å²) in [7, 11) is -4.53. The summed E-state index contributed by atoms with van der Waals surface area (Å²) in [5, 5.41) is 3.05. The SMILES string of the molecule is CCN(CC)C(=O)n1ccc(S(=O)(=O)c2ccccc2C(F)(F)F)n1. The number of halogens is 3. The summed E-state index contributed by atoms with van der Waals surface area (Å²) in [6, 6.07) is 4.29. The molecule has 10 heteroatoms. The third-order valence-electron chi connectivity index (χ3n) is 3.55. The van der Waals surface area contributed by atoms with Gasteiger partial charge in [-0.25, -0.2) is 13.2 Å². The second kappa shape index (κ2) is 6.87. The number of sulfone groups is 1. The van der Waals surface area contributed by atoms with E-state index < -0.39 is 37.5 Å². The van der Waals surface area contributed by atoms with Crippen molar-refractivity contribution in [1.82, 2.24) is 14.7 Å². The number of carbonyl (C=O) groups is 1. The average molecular weight is 375 g/mol. The lowest BCUT2D eigenvalue weighted by atomic mass is 10.2. The Bertz CT molecular complexity index is 871. The Balaban J connectivity index is 2.49. The van der Waals surface area contributed by atoms with Gasteiger partial charge in [-0.3, -0.25) is 0 Å². The van der Waals surface area contributed by atoms with Gasteiger partial charge in [0.05, 0.1) is 10.5 Å². The van der Waals surface area contributed by atoms with Crippen molar-refractivity contribution < 1.29 is 26.4 Å². The number of nitrogens with zero attached hydrogens (tertiary/aromatic N) is 3. The van der Waals surface area contributed by atoms with Crippen LogP contribution in [0.3, 0.4) is 0 Å².